The van der Waals surface area contributed by atoms with E-state index in [2.05, 4.69) is 0 Å². The number of phenols is 1. The van der Waals surface area contributed by atoms with Crippen LogP contribution in [0.3, 0.4) is 0 Å². The first-order valence-electron chi connectivity index (χ1n) is 9.91. The molecule has 0 aliphatic heterocycles. The van der Waals surface area contributed by atoms with Crippen molar-refractivity contribution < 1.29 is 34.8 Å². The van der Waals surface area contributed by atoms with Gasteiger partial charge in [0.2, 0.25) is 5.78 Å². The second-order valence-corrected chi connectivity index (χ2v) is 8.70. The van der Waals surface area contributed by atoms with E-state index in [1.54, 1.807) is 26.2 Å². The molecule has 0 fully saturated rings. The van der Waals surface area contributed by atoms with Gasteiger partial charge in [-0.1, -0.05) is 19.1 Å². The molecule has 0 saturated heterocycles. The Bertz CT molecular complexity index is 1100. The molecule has 0 aromatic heterocycles. The second-order valence-electron chi connectivity index (χ2n) is 8.70. The maximum atomic E-state index is 13.3. The molecule has 6 N–H and O–H groups in total. The number of likely N-dealkylation sites (N-methyl/N-ethyl adjacent to an activating group) is 1. The Morgan fingerprint density at radius 3 is 2.42 bits per heavy atom. The summed E-state index contributed by atoms with van der Waals surface area (Å²) in [6, 6.07) is 3.68. The number of ketones is 2. The molecule has 0 heterocycles. The van der Waals surface area contributed by atoms with Crippen LogP contribution >= 0.6 is 0 Å². The van der Waals surface area contributed by atoms with Gasteiger partial charge in [-0.3, -0.25) is 19.3 Å². The number of primary amides is 1. The number of aliphatic hydroxyl groups excluding tert-OH is 2. The largest absolute Gasteiger partial charge is 0.510 e. The van der Waals surface area contributed by atoms with Crippen molar-refractivity contribution in [2.24, 2.45) is 17.6 Å². The molecule has 0 radical (unpaired) electrons. The van der Waals surface area contributed by atoms with E-state index in [4.69, 9.17) is 5.73 Å². The van der Waals surface area contributed by atoms with Crippen LogP contribution < -0.4 is 5.73 Å². The Morgan fingerprint density at radius 2 is 1.84 bits per heavy atom. The van der Waals surface area contributed by atoms with E-state index in [1.807, 2.05) is 6.92 Å². The topological polar surface area (TPSA) is 161 Å². The van der Waals surface area contributed by atoms with E-state index >= 15 is 0 Å². The minimum Gasteiger partial charge on any atom is -0.510 e. The number of carbonyl (C=O) groups excluding carboxylic acids is 3. The van der Waals surface area contributed by atoms with Gasteiger partial charge in [0.05, 0.1) is 11.6 Å². The number of hydrogen-bond acceptors (Lipinski definition) is 8. The summed E-state index contributed by atoms with van der Waals surface area (Å²) in [4.78, 5) is 39.9. The van der Waals surface area contributed by atoms with E-state index < -0.39 is 58.0 Å². The van der Waals surface area contributed by atoms with Gasteiger partial charge >= 0.3 is 0 Å². The fourth-order valence-corrected chi connectivity index (χ4v) is 5.51. The predicted octanol–water partition coefficient (Wildman–Crippen LogP) is 0.682. The van der Waals surface area contributed by atoms with E-state index in [-0.39, 0.29) is 29.2 Å². The molecule has 1 amide bonds. The number of phenolic OH excluding ortho intramolecular Hbond substituents is 1. The highest BCUT2D eigenvalue weighted by Crippen LogP contribution is 2.55. The maximum absolute atomic E-state index is 13.3. The molecule has 164 valence electrons. The lowest BCUT2D eigenvalue weighted by molar-refractivity contribution is -0.148. The molecule has 0 saturated carbocycles. The zero-order chi connectivity index (χ0) is 23.0. The van der Waals surface area contributed by atoms with Gasteiger partial charge in [0.15, 0.2) is 11.4 Å². The number of aliphatic hydroxyl groups is 3. The molecule has 9 heteroatoms. The molecule has 0 bridgehead atoms. The number of nitrogens with zero attached hydrogens (tertiary/aromatic N) is 1. The molecule has 5 atom stereocenters. The summed E-state index contributed by atoms with van der Waals surface area (Å²) in [7, 11) is 3.18. The fraction of sp³-hybridized carbons (Fsp3) is 0.409. The van der Waals surface area contributed by atoms with Crippen molar-refractivity contribution in [3.8, 4) is 5.75 Å². The Labute approximate surface area is 178 Å². The van der Waals surface area contributed by atoms with Crippen LogP contribution in [0, 0.1) is 11.8 Å². The number of Topliss-reactive ketones (excluding diaryl/α,β-unsaturated/α-hetero) is 2. The third-order valence-electron chi connectivity index (χ3n) is 6.97. The van der Waals surface area contributed by atoms with Gasteiger partial charge in [-0.25, -0.2) is 0 Å². The summed E-state index contributed by atoms with van der Waals surface area (Å²) in [6.07, 6.45) is 0.0720. The molecular formula is C22H24N2O7. The summed E-state index contributed by atoms with van der Waals surface area (Å²) in [5.41, 5.74) is 2.31. The molecule has 4 rings (SSSR count). The summed E-state index contributed by atoms with van der Waals surface area (Å²) in [5.74, 6) is -6.81. The first-order valence-corrected chi connectivity index (χ1v) is 9.91. The molecule has 1 aromatic rings. The predicted molar refractivity (Wildman–Crippen MR) is 108 cm³/mol. The first-order chi connectivity index (χ1) is 14.4. The number of hydrogen-bond donors (Lipinski definition) is 5. The number of benzene rings is 1. The van der Waals surface area contributed by atoms with Crippen LogP contribution in [0.2, 0.25) is 0 Å². The Balaban J connectivity index is 2.01. The van der Waals surface area contributed by atoms with Crippen LogP contribution in [0.1, 0.15) is 35.2 Å². The van der Waals surface area contributed by atoms with Gasteiger partial charge in [-0.2, -0.15) is 0 Å². The van der Waals surface area contributed by atoms with E-state index in [9.17, 15) is 34.8 Å². The van der Waals surface area contributed by atoms with Crippen molar-refractivity contribution in [3.05, 3.63) is 52.0 Å². The quantitative estimate of drug-likeness (QED) is 0.430. The number of amides is 1. The van der Waals surface area contributed by atoms with Crippen molar-refractivity contribution in [1.29, 1.82) is 0 Å². The molecule has 9 nitrogen and oxygen atoms in total. The smallest absolute Gasteiger partial charge is 0.255 e. The van der Waals surface area contributed by atoms with Crippen LogP contribution in [0.4, 0.5) is 0 Å². The number of fused-ring (bicyclic) bond motifs is 3. The first kappa shape index (κ1) is 21.1. The lowest BCUT2D eigenvalue weighted by atomic mass is 9.56. The third-order valence-corrected chi connectivity index (χ3v) is 6.97. The van der Waals surface area contributed by atoms with Crippen molar-refractivity contribution >= 4 is 17.5 Å². The van der Waals surface area contributed by atoms with Crippen LogP contribution in [-0.4, -0.2) is 68.5 Å². The Hall–Kier alpha value is -3.17. The average Bonchev–Trinajstić information content (AvgIpc) is 2.68. The van der Waals surface area contributed by atoms with Gasteiger partial charge in [-0.15, -0.1) is 0 Å². The number of rotatable bonds is 2. The van der Waals surface area contributed by atoms with Gasteiger partial charge in [0.25, 0.3) is 5.91 Å². The number of carbonyl (C=O) groups is 3. The van der Waals surface area contributed by atoms with Crippen LogP contribution in [0.5, 0.6) is 5.75 Å². The highest BCUT2D eigenvalue weighted by molar-refractivity contribution is 6.24. The van der Waals surface area contributed by atoms with Gasteiger partial charge in [0, 0.05) is 11.5 Å². The standard InChI is InChI=1S/C22H24N2O7/c1-8-9-5-4-6-12(25)13(9)17(26)14-10(8)7-11-16(24(2)3)18(27)15(21(23)30)20(29)22(11,31)19(14)28/h4-6,8,10-11,16,25,27-28,31H,7H2,1-3H3,(H2,23,30)/t8-,10-,11+,16+,22+/m1/s1. The SMILES string of the molecule is C[C@@H]1c2cccc(O)c2C(=O)C2=C(O)[C@]3(O)C(=O)C(C(N)=O)=C(O)[C@@H](N(C)C)[C@@H]3C[C@@H]21. The van der Waals surface area contributed by atoms with E-state index in [0.717, 1.165) is 0 Å². The normalized spacial score (nSPS) is 32.7. The van der Waals surface area contributed by atoms with E-state index in [0.29, 0.717) is 5.56 Å². The number of allylic oxidation sites excluding steroid dienone is 1. The zero-order valence-electron chi connectivity index (χ0n) is 17.3. The van der Waals surface area contributed by atoms with Gasteiger partial charge in [0.1, 0.15) is 22.8 Å². The van der Waals surface area contributed by atoms with Crippen molar-refractivity contribution in [2.45, 2.75) is 30.9 Å². The molecule has 31 heavy (non-hydrogen) atoms. The third kappa shape index (κ3) is 2.53. The minimum absolute atomic E-state index is 0.00998. The Morgan fingerprint density at radius 1 is 1.19 bits per heavy atom. The molecule has 3 aliphatic carbocycles. The highest BCUT2D eigenvalue weighted by atomic mass is 16.3. The molecular weight excluding hydrogens is 404 g/mol. The summed E-state index contributed by atoms with van der Waals surface area (Å²) >= 11 is 0. The molecule has 0 spiro atoms. The fourth-order valence-electron chi connectivity index (χ4n) is 5.51. The molecule has 0 unspecified atom stereocenters. The zero-order valence-corrected chi connectivity index (χ0v) is 17.3. The lowest BCUT2D eigenvalue weighted by Crippen LogP contribution is -2.64. The monoisotopic (exact) mass is 428 g/mol. The van der Waals surface area contributed by atoms with Crippen LogP contribution in [0.25, 0.3) is 0 Å². The van der Waals surface area contributed by atoms with Crippen molar-refractivity contribution in [1.82, 2.24) is 4.90 Å². The summed E-state index contributed by atoms with van der Waals surface area (Å²) in [5, 5.41) is 43.6. The average molecular weight is 428 g/mol. The molecule has 3 aliphatic rings. The van der Waals surface area contributed by atoms with Crippen molar-refractivity contribution in [3.63, 3.8) is 0 Å². The van der Waals surface area contributed by atoms with Gasteiger partial charge < -0.3 is 26.2 Å². The number of aromatic hydroxyl groups is 1. The lowest BCUT2D eigenvalue weighted by Gasteiger charge is -2.51. The molecule has 1 aromatic carbocycles. The highest BCUT2D eigenvalue weighted by Gasteiger charge is 2.63. The number of nitrogens with two attached hydrogens (primary N) is 1. The Kier molecular flexibility index (Phi) is 4.53. The van der Waals surface area contributed by atoms with Gasteiger partial charge in [-0.05, 0) is 44.0 Å². The summed E-state index contributed by atoms with van der Waals surface area (Å²) < 4.78 is 0. The minimum atomic E-state index is -2.62. The van der Waals surface area contributed by atoms with E-state index in [1.165, 1.54) is 11.0 Å². The second kappa shape index (κ2) is 6.66. The van der Waals surface area contributed by atoms with Crippen LogP contribution in [-0.2, 0) is 9.59 Å². The summed E-state index contributed by atoms with van der Waals surface area (Å²) in [6.45, 7) is 1.83. The maximum Gasteiger partial charge on any atom is 0.255 e. The van der Waals surface area contributed by atoms with Crippen molar-refractivity contribution in [2.75, 3.05) is 14.1 Å². The van der Waals surface area contributed by atoms with Crippen LogP contribution in [0.15, 0.2) is 40.9 Å².